The Morgan fingerprint density at radius 3 is 2.86 bits per heavy atom. The van der Waals surface area contributed by atoms with Gasteiger partial charge in [0.1, 0.15) is 6.10 Å². The zero-order valence-corrected chi connectivity index (χ0v) is 13.2. The van der Waals surface area contributed by atoms with Gasteiger partial charge in [-0.25, -0.2) is 0 Å². The van der Waals surface area contributed by atoms with Crippen molar-refractivity contribution in [2.75, 3.05) is 6.61 Å². The average Bonchev–Trinajstić information content (AvgIpc) is 3.07. The minimum absolute atomic E-state index is 0.0198. The third-order valence-electron chi connectivity index (χ3n) is 4.36. The Labute approximate surface area is 126 Å². The van der Waals surface area contributed by atoms with Gasteiger partial charge in [-0.05, 0) is 52.9 Å². The van der Waals surface area contributed by atoms with Gasteiger partial charge in [-0.3, -0.25) is 9.48 Å². The number of aromatic nitrogens is 2. The standard InChI is InChI=1S/C16H25N3O2/c1-16(2,3)19-13-7-4-6-12(11(13)10-17-19)18-15(20)14-8-5-9-21-14/h10,12,14H,4-9H2,1-3H3,(H,18,20)/t12-,14-/m0/s1. The van der Waals surface area contributed by atoms with Gasteiger partial charge in [0.25, 0.3) is 0 Å². The Morgan fingerprint density at radius 1 is 1.38 bits per heavy atom. The van der Waals surface area contributed by atoms with Gasteiger partial charge in [0.05, 0.1) is 17.8 Å². The van der Waals surface area contributed by atoms with Crippen molar-refractivity contribution in [1.82, 2.24) is 15.1 Å². The van der Waals surface area contributed by atoms with E-state index in [0.717, 1.165) is 32.1 Å². The summed E-state index contributed by atoms with van der Waals surface area (Å²) < 4.78 is 7.57. The van der Waals surface area contributed by atoms with E-state index in [4.69, 9.17) is 4.74 Å². The van der Waals surface area contributed by atoms with Crippen LogP contribution in [0.5, 0.6) is 0 Å². The molecule has 0 spiro atoms. The van der Waals surface area contributed by atoms with Crippen LogP contribution in [0, 0.1) is 0 Å². The summed E-state index contributed by atoms with van der Waals surface area (Å²) in [5, 5.41) is 7.72. The molecule has 0 radical (unpaired) electrons. The van der Waals surface area contributed by atoms with Crippen LogP contribution in [0.15, 0.2) is 6.20 Å². The Hall–Kier alpha value is -1.36. The number of ether oxygens (including phenoxy) is 1. The third kappa shape index (κ3) is 2.84. The van der Waals surface area contributed by atoms with Gasteiger partial charge in [0.15, 0.2) is 0 Å². The summed E-state index contributed by atoms with van der Waals surface area (Å²) in [6, 6.07) is 0.0848. The first kappa shape index (κ1) is 14.6. The minimum Gasteiger partial charge on any atom is -0.368 e. The summed E-state index contributed by atoms with van der Waals surface area (Å²) >= 11 is 0. The molecule has 1 N–H and O–H groups in total. The van der Waals surface area contributed by atoms with Crippen molar-refractivity contribution in [1.29, 1.82) is 0 Å². The SMILES string of the molecule is CC(C)(C)n1ncc2c1CCC[C@@H]2NC(=O)[C@@H]1CCCO1. The molecule has 1 saturated heterocycles. The van der Waals surface area contributed by atoms with Gasteiger partial charge in [0, 0.05) is 17.9 Å². The number of nitrogens with one attached hydrogen (secondary N) is 1. The van der Waals surface area contributed by atoms with Crippen LogP contribution < -0.4 is 5.32 Å². The highest BCUT2D eigenvalue weighted by Crippen LogP contribution is 2.32. The molecular formula is C16H25N3O2. The second-order valence-corrected chi connectivity index (χ2v) is 7.08. The van der Waals surface area contributed by atoms with Crippen LogP contribution in [0.4, 0.5) is 0 Å². The number of carbonyl (C=O) groups excluding carboxylic acids is 1. The molecule has 1 aromatic rings. The molecule has 0 aromatic carbocycles. The summed E-state index contributed by atoms with van der Waals surface area (Å²) in [4.78, 5) is 12.3. The number of amides is 1. The van der Waals surface area contributed by atoms with Gasteiger partial charge >= 0.3 is 0 Å². The molecule has 2 aliphatic rings. The predicted molar refractivity (Wildman–Crippen MR) is 80.0 cm³/mol. The van der Waals surface area contributed by atoms with Crippen molar-refractivity contribution in [2.24, 2.45) is 0 Å². The molecule has 0 bridgehead atoms. The summed E-state index contributed by atoms with van der Waals surface area (Å²) in [5.41, 5.74) is 2.43. The number of rotatable bonds is 2. The van der Waals surface area contributed by atoms with E-state index in [1.54, 1.807) is 0 Å². The van der Waals surface area contributed by atoms with E-state index < -0.39 is 0 Å². The number of fused-ring (bicyclic) bond motifs is 1. The van der Waals surface area contributed by atoms with Crippen LogP contribution in [0.25, 0.3) is 0 Å². The molecule has 1 aliphatic carbocycles. The Kier molecular flexibility index (Phi) is 3.78. The quantitative estimate of drug-likeness (QED) is 0.909. The van der Waals surface area contributed by atoms with Gasteiger partial charge in [0.2, 0.25) is 5.91 Å². The van der Waals surface area contributed by atoms with Crippen LogP contribution in [-0.2, 0) is 21.5 Å². The monoisotopic (exact) mass is 291 g/mol. The van der Waals surface area contributed by atoms with Crippen molar-refractivity contribution < 1.29 is 9.53 Å². The lowest BCUT2D eigenvalue weighted by atomic mass is 9.92. The summed E-state index contributed by atoms with van der Waals surface area (Å²) in [5.74, 6) is 0.0360. The van der Waals surface area contributed by atoms with E-state index >= 15 is 0 Å². The Balaban J connectivity index is 1.78. The number of nitrogens with zero attached hydrogens (tertiary/aromatic N) is 2. The first-order valence-corrected chi connectivity index (χ1v) is 7.96. The fourth-order valence-electron chi connectivity index (χ4n) is 3.33. The molecule has 5 heteroatoms. The maximum absolute atomic E-state index is 12.3. The van der Waals surface area contributed by atoms with E-state index in [-0.39, 0.29) is 23.6 Å². The molecule has 2 heterocycles. The number of hydrogen-bond acceptors (Lipinski definition) is 3. The maximum Gasteiger partial charge on any atom is 0.249 e. The molecular weight excluding hydrogens is 266 g/mol. The predicted octanol–water partition coefficient (Wildman–Crippen LogP) is 2.31. The van der Waals surface area contributed by atoms with Gasteiger partial charge < -0.3 is 10.1 Å². The molecule has 2 atom stereocenters. The topological polar surface area (TPSA) is 56.2 Å². The van der Waals surface area contributed by atoms with Crippen LogP contribution >= 0.6 is 0 Å². The van der Waals surface area contributed by atoms with Crippen LogP contribution in [0.2, 0.25) is 0 Å². The summed E-state index contributed by atoms with van der Waals surface area (Å²) in [6.45, 7) is 7.19. The second-order valence-electron chi connectivity index (χ2n) is 7.08. The van der Waals surface area contributed by atoms with Crippen molar-refractivity contribution in [2.45, 2.75) is 70.6 Å². The van der Waals surface area contributed by atoms with Crippen molar-refractivity contribution in [3.63, 3.8) is 0 Å². The zero-order valence-electron chi connectivity index (χ0n) is 13.2. The molecule has 1 aliphatic heterocycles. The lowest BCUT2D eigenvalue weighted by Crippen LogP contribution is -2.38. The van der Waals surface area contributed by atoms with E-state index in [9.17, 15) is 4.79 Å². The molecule has 3 rings (SSSR count). The smallest absolute Gasteiger partial charge is 0.249 e. The number of hydrogen-bond donors (Lipinski definition) is 1. The maximum atomic E-state index is 12.3. The molecule has 0 saturated carbocycles. The van der Waals surface area contributed by atoms with Crippen molar-refractivity contribution in [3.8, 4) is 0 Å². The average molecular weight is 291 g/mol. The molecule has 0 unspecified atom stereocenters. The molecule has 116 valence electrons. The van der Waals surface area contributed by atoms with Gasteiger partial charge in [-0.2, -0.15) is 5.10 Å². The zero-order chi connectivity index (χ0) is 15.0. The Bertz CT molecular complexity index is 524. The summed E-state index contributed by atoms with van der Waals surface area (Å²) in [7, 11) is 0. The highest BCUT2D eigenvalue weighted by Gasteiger charge is 2.31. The van der Waals surface area contributed by atoms with Crippen molar-refractivity contribution >= 4 is 5.91 Å². The second kappa shape index (κ2) is 5.44. The fraction of sp³-hybridized carbons (Fsp3) is 0.750. The van der Waals surface area contributed by atoms with Gasteiger partial charge in [-0.1, -0.05) is 0 Å². The molecule has 1 amide bonds. The first-order valence-electron chi connectivity index (χ1n) is 7.96. The Morgan fingerprint density at radius 2 is 2.19 bits per heavy atom. The largest absolute Gasteiger partial charge is 0.368 e. The molecule has 5 nitrogen and oxygen atoms in total. The van der Waals surface area contributed by atoms with Crippen LogP contribution in [-0.4, -0.2) is 28.4 Å². The van der Waals surface area contributed by atoms with Crippen LogP contribution in [0.1, 0.15) is 63.8 Å². The molecule has 1 aromatic heterocycles. The minimum atomic E-state index is -0.256. The van der Waals surface area contributed by atoms with E-state index in [0.29, 0.717) is 6.61 Å². The van der Waals surface area contributed by atoms with Gasteiger partial charge in [-0.15, -0.1) is 0 Å². The van der Waals surface area contributed by atoms with Crippen molar-refractivity contribution in [3.05, 3.63) is 17.5 Å². The third-order valence-corrected chi connectivity index (χ3v) is 4.36. The first-order chi connectivity index (χ1) is 9.97. The van der Waals surface area contributed by atoms with Crippen LogP contribution in [0.3, 0.4) is 0 Å². The molecule has 1 fully saturated rings. The summed E-state index contributed by atoms with van der Waals surface area (Å²) in [6.07, 6.45) is 6.61. The highest BCUT2D eigenvalue weighted by molar-refractivity contribution is 5.81. The molecule has 21 heavy (non-hydrogen) atoms. The van der Waals surface area contributed by atoms with E-state index in [2.05, 4.69) is 35.9 Å². The van der Waals surface area contributed by atoms with E-state index in [1.165, 1.54) is 11.3 Å². The normalized spacial score (nSPS) is 25.7. The fourth-order valence-corrected chi connectivity index (χ4v) is 3.33. The highest BCUT2D eigenvalue weighted by atomic mass is 16.5. The lowest BCUT2D eigenvalue weighted by Gasteiger charge is -2.28. The van der Waals surface area contributed by atoms with E-state index in [1.807, 2.05) is 6.20 Å². The number of carbonyl (C=O) groups is 1. The lowest BCUT2D eigenvalue weighted by molar-refractivity contribution is -0.130.